The summed E-state index contributed by atoms with van der Waals surface area (Å²) in [6.07, 6.45) is 2.79. The summed E-state index contributed by atoms with van der Waals surface area (Å²) in [6.45, 7) is 1.72. The zero-order valence-electron chi connectivity index (χ0n) is 11.8. The molecular weight excluding hydrogens is 270 g/mol. The third-order valence-electron chi connectivity index (χ3n) is 3.76. The van der Waals surface area contributed by atoms with Crippen LogP contribution in [0.3, 0.4) is 0 Å². The van der Waals surface area contributed by atoms with Crippen LogP contribution in [0.1, 0.15) is 31.6 Å². The van der Waals surface area contributed by atoms with Gasteiger partial charge in [0.1, 0.15) is 5.60 Å². The molecule has 110 valence electrons. The SMILES string of the molecule is Cc1nc(-c2cccc(NC(=O)C3(O)CCCC3)c2)no1. The summed E-state index contributed by atoms with van der Waals surface area (Å²) in [5, 5.41) is 16.9. The van der Waals surface area contributed by atoms with Crippen molar-refractivity contribution in [3.05, 3.63) is 30.2 Å². The van der Waals surface area contributed by atoms with E-state index in [0.29, 0.717) is 30.2 Å². The number of aryl methyl sites for hydroxylation is 1. The molecule has 1 aliphatic rings. The van der Waals surface area contributed by atoms with Crippen LogP contribution >= 0.6 is 0 Å². The second-order valence-electron chi connectivity index (χ2n) is 5.41. The molecule has 1 amide bonds. The molecule has 0 radical (unpaired) electrons. The van der Waals surface area contributed by atoms with Crippen molar-refractivity contribution in [1.29, 1.82) is 0 Å². The van der Waals surface area contributed by atoms with Gasteiger partial charge in [-0.05, 0) is 37.8 Å². The molecule has 1 saturated carbocycles. The van der Waals surface area contributed by atoms with Crippen molar-refractivity contribution in [2.24, 2.45) is 0 Å². The Kier molecular flexibility index (Phi) is 3.47. The highest BCUT2D eigenvalue weighted by molar-refractivity contribution is 5.97. The van der Waals surface area contributed by atoms with Gasteiger partial charge in [-0.2, -0.15) is 4.98 Å². The van der Waals surface area contributed by atoms with E-state index in [2.05, 4.69) is 15.5 Å². The number of amides is 1. The Morgan fingerprint density at radius 1 is 1.38 bits per heavy atom. The van der Waals surface area contributed by atoms with Gasteiger partial charge in [0.05, 0.1) is 0 Å². The van der Waals surface area contributed by atoms with Crippen LogP contribution in [0.15, 0.2) is 28.8 Å². The summed E-state index contributed by atoms with van der Waals surface area (Å²) < 4.78 is 4.95. The average Bonchev–Trinajstić information content (AvgIpc) is 3.09. The minimum absolute atomic E-state index is 0.346. The van der Waals surface area contributed by atoms with Crippen LogP contribution < -0.4 is 5.32 Å². The third-order valence-corrected chi connectivity index (χ3v) is 3.76. The number of hydrogen-bond donors (Lipinski definition) is 2. The van der Waals surface area contributed by atoms with E-state index < -0.39 is 5.60 Å². The van der Waals surface area contributed by atoms with Crippen molar-refractivity contribution < 1.29 is 14.4 Å². The average molecular weight is 287 g/mol. The van der Waals surface area contributed by atoms with Crippen LogP contribution in [0.25, 0.3) is 11.4 Å². The minimum atomic E-state index is -1.24. The molecule has 1 aromatic carbocycles. The maximum Gasteiger partial charge on any atom is 0.256 e. The molecule has 1 fully saturated rings. The van der Waals surface area contributed by atoms with E-state index >= 15 is 0 Å². The van der Waals surface area contributed by atoms with E-state index in [1.165, 1.54) is 0 Å². The van der Waals surface area contributed by atoms with Gasteiger partial charge in [0.25, 0.3) is 5.91 Å². The summed E-state index contributed by atoms with van der Waals surface area (Å²) in [5.41, 5.74) is 0.127. The third kappa shape index (κ3) is 2.80. The minimum Gasteiger partial charge on any atom is -0.380 e. The fraction of sp³-hybridized carbons (Fsp3) is 0.400. The van der Waals surface area contributed by atoms with Crippen molar-refractivity contribution in [2.75, 3.05) is 5.32 Å². The van der Waals surface area contributed by atoms with E-state index in [0.717, 1.165) is 18.4 Å². The maximum absolute atomic E-state index is 12.2. The van der Waals surface area contributed by atoms with Crippen molar-refractivity contribution >= 4 is 11.6 Å². The van der Waals surface area contributed by atoms with Gasteiger partial charge in [0.2, 0.25) is 11.7 Å². The molecule has 1 aliphatic carbocycles. The lowest BCUT2D eigenvalue weighted by molar-refractivity contribution is -0.133. The van der Waals surface area contributed by atoms with Crippen LogP contribution in [-0.4, -0.2) is 26.8 Å². The van der Waals surface area contributed by atoms with E-state index in [1.54, 1.807) is 25.1 Å². The highest BCUT2D eigenvalue weighted by atomic mass is 16.5. The number of hydrogen-bond acceptors (Lipinski definition) is 5. The number of rotatable bonds is 3. The molecule has 6 nitrogen and oxygen atoms in total. The van der Waals surface area contributed by atoms with Gasteiger partial charge in [0, 0.05) is 18.2 Å². The monoisotopic (exact) mass is 287 g/mol. The Hall–Kier alpha value is -2.21. The van der Waals surface area contributed by atoms with E-state index in [9.17, 15) is 9.90 Å². The van der Waals surface area contributed by atoms with Crippen molar-refractivity contribution in [3.8, 4) is 11.4 Å². The molecule has 0 spiro atoms. The first-order valence-corrected chi connectivity index (χ1v) is 7.01. The largest absolute Gasteiger partial charge is 0.380 e. The lowest BCUT2D eigenvalue weighted by atomic mass is 10.0. The number of aromatic nitrogens is 2. The summed E-state index contributed by atoms with van der Waals surface area (Å²) in [6, 6.07) is 7.17. The zero-order chi connectivity index (χ0) is 14.9. The Morgan fingerprint density at radius 2 is 2.14 bits per heavy atom. The van der Waals surface area contributed by atoms with Gasteiger partial charge in [-0.3, -0.25) is 4.79 Å². The van der Waals surface area contributed by atoms with E-state index in [4.69, 9.17) is 4.52 Å². The highest BCUT2D eigenvalue weighted by Gasteiger charge is 2.38. The smallest absolute Gasteiger partial charge is 0.256 e. The summed E-state index contributed by atoms with van der Waals surface area (Å²) in [4.78, 5) is 16.3. The Bertz CT molecular complexity index is 660. The first-order valence-electron chi connectivity index (χ1n) is 7.01. The van der Waals surface area contributed by atoms with Crippen molar-refractivity contribution in [1.82, 2.24) is 10.1 Å². The number of anilines is 1. The topological polar surface area (TPSA) is 88.2 Å². The number of carbonyl (C=O) groups excluding carboxylic acids is 1. The Balaban J connectivity index is 1.79. The molecule has 21 heavy (non-hydrogen) atoms. The van der Waals surface area contributed by atoms with Gasteiger partial charge in [0.15, 0.2) is 0 Å². The quantitative estimate of drug-likeness (QED) is 0.904. The summed E-state index contributed by atoms with van der Waals surface area (Å²) in [5.74, 6) is 0.615. The molecule has 0 unspecified atom stereocenters. The molecule has 1 heterocycles. The molecule has 0 aliphatic heterocycles. The molecule has 0 saturated heterocycles. The van der Waals surface area contributed by atoms with Crippen LogP contribution in [0.4, 0.5) is 5.69 Å². The van der Waals surface area contributed by atoms with Gasteiger partial charge in [-0.25, -0.2) is 0 Å². The highest BCUT2D eigenvalue weighted by Crippen LogP contribution is 2.31. The number of nitrogens with zero attached hydrogens (tertiary/aromatic N) is 2. The van der Waals surface area contributed by atoms with Crippen LogP contribution in [0, 0.1) is 6.92 Å². The Labute approximate surface area is 122 Å². The fourth-order valence-electron chi connectivity index (χ4n) is 2.59. The number of carbonyl (C=O) groups is 1. The fourth-order valence-corrected chi connectivity index (χ4v) is 2.59. The van der Waals surface area contributed by atoms with E-state index in [1.807, 2.05) is 6.07 Å². The molecule has 6 heteroatoms. The molecular formula is C15H17N3O3. The number of benzene rings is 1. The Morgan fingerprint density at radius 3 is 2.81 bits per heavy atom. The molecule has 0 bridgehead atoms. The van der Waals surface area contributed by atoms with Gasteiger partial charge in [-0.1, -0.05) is 17.3 Å². The van der Waals surface area contributed by atoms with E-state index in [-0.39, 0.29) is 5.91 Å². The standard InChI is InChI=1S/C15H17N3O3/c1-10-16-13(18-21-10)11-5-4-6-12(9-11)17-14(19)15(20)7-2-3-8-15/h4-6,9,20H,2-3,7-8H2,1H3,(H,17,19). The first-order chi connectivity index (χ1) is 10.1. The first kappa shape index (κ1) is 13.8. The van der Waals surface area contributed by atoms with Crippen LogP contribution in [0.2, 0.25) is 0 Å². The lowest BCUT2D eigenvalue weighted by Crippen LogP contribution is -2.40. The van der Waals surface area contributed by atoms with Gasteiger partial charge < -0.3 is 14.9 Å². The molecule has 2 aromatic rings. The number of nitrogens with one attached hydrogen (secondary N) is 1. The van der Waals surface area contributed by atoms with Crippen LogP contribution in [0.5, 0.6) is 0 Å². The molecule has 2 N–H and O–H groups in total. The predicted octanol–water partition coefficient (Wildman–Crippen LogP) is 2.29. The van der Waals surface area contributed by atoms with Crippen molar-refractivity contribution in [3.63, 3.8) is 0 Å². The van der Waals surface area contributed by atoms with Crippen LogP contribution in [-0.2, 0) is 4.79 Å². The summed E-state index contributed by atoms with van der Waals surface area (Å²) >= 11 is 0. The molecule has 1 aromatic heterocycles. The predicted molar refractivity (Wildman–Crippen MR) is 76.5 cm³/mol. The molecule has 3 rings (SSSR count). The van der Waals surface area contributed by atoms with Gasteiger partial charge in [-0.15, -0.1) is 0 Å². The molecule has 0 atom stereocenters. The second-order valence-corrected chi connectivity index (χ2v) is 5.41. The van der Waals surface area contributed by atoms with Gasteiger partial charge >= 0.3 is 0 Å². The van der Waals surface area contributed by atoms with Crippen molar-refractivity contribution in [2.45, 2.75) is 38.2 Å². The summed E-state index contributed by atoms with van der Waals surface area (Å²) in [7, 11) is 0. The zero-order valence-corrected chi connectivity index (χ0v) is 11.8. The lowest BCUT2D eigenvalue weighted by Gasteiger charge is -2.21. The normalized spacial score (nSPS) is 16.9. The maximum atomic E-state index is 12.2. The second kappa shape index (κ2) is 5.29. The number of aliphatic hydroxyl groups is 1.